The van der Waals surface area contributed by atoms with Crippen molar-refractivity contribution in [3.8, 4) is 28.7 Å². The van der Waals surface area contributed by atoms with Crippen molar-refractivity contribution in [2.45, 2.75) is 6.92 Å². The molecule has 6 nitrogen and oxygen atoms in total. The van der Waals surface area contributed by atoms with E-state index in [1.54, 1.807) is 30.5 Å². The third-order valence-electron chi connectivity index (χ3n) is 2.62. The van der Waals surface area contributed by atoms with E-state index in [9.17, 15) is 5.11 Å². The second-order valence-electron chi connectivity index (χ2n) is 4.04. The van der Waals surface area contributed by atoms with Crippen LogP contribution in [0.4, 0.5) is 0 Å². The first-order valence-electron chi connectivity index (χ1n) is 5.64. The summed E-state index contributed by atoms with van der Waals surface area (Å²) < 4.78 is 5.16. The third-order valence-corrected chi connectivity index (χ3v) is 2.62. The van der Waals surface area contributed by atoms with Gasteiger partial charge in [0.2, 0.25) is 5.82 Å². The van der Waals surface area contributed by atoms with E-state index in [1.807, 2.05) is 6.92 Å². The molecule has 1 aromatic carbocycles. The molecule has 0 spiro atoms. The molecule has 0 unspecified atom stereocenters. The molecule has 0 bridgehead atoms. The Bertz CT molecular complexity index is 710. The molecule has 0 aliphatic heterocycles. The van der Waals surface area contributed by atoms with E-state index in [-0.39, 0.29) is 11.6 Å². The summed E-state index contributed by atoms with van der Waals surface area (Å²) in [6.07, 6.45) is 3.01. The number of hydrogen-bond acceptors (Lipinski definition) is 6. The molecule has 0 saturated heterocycles. The third kappa shape index (κ3) is 2.15. The molecule has 3 rings (SSSR count). The summed E-state index contributed by atoms with van der Waals surface area (Å²) in [6, 6.07) is 6.87. The first kappa shape index (κ1) is 11.3. The summed E-state index contributed by atoms with van der Waals surface area (Å²) in [6.45, 7) is 1.92. The molecule has 0 aliphatic carbocycles. The Balaban J connectivity index is 2.04. The number of phenolic OH excluding ortho intramolecular Hbond substituents is 1. The van der Waals surface area contributed by atoms with Gasteiger partial charge in [0.05, 0.1) is 5.56 Å². The molecule has 19 heavy (non-hydrogen) atoms. The molecule has 0 atom stereocenters. The van der Waals surface area contributed by atoms with Crippen LogP contribution in [0, 0.1) is 6.92 Å². The minimum absolute atomic E-state index is 0.100. The molecule has 0 aliphatic rings. The van der Waals surface area contributed by atoms with E-state index in [1.165, 1.54) is 6.33 Å². The van der Waals surface area contributed by atoms with Crippen molar-refractivity contribution in [3.05, 3.63) is 42.4 Å². The number of rotatable bonds is 2. The predicted molar refractivity (Wildman–Crippen MR) is 67.2 cm³/mol. The molecule has 0 fully saturated rings. The normalized spacial score (nSPS) is 10.6. The zero-order valence-electron chi connectivity index (χ0n) is 10.1. The Kier molecular flexibility index (Phi) is 2.68. The van der Waals surface area contributed by atoms with Crippen LogP contribution in [-0.2, 0) is 0 Å². The number of aromatic nitrogens is 4. The Morgan fingerprint density at radius 2 is 2.11 bits per heavy atom. The monoisotopic (exact) mass is 254 g/mol. The number of benzene rings is 1. The number of aryl methyl sites for hydroxylation is 1. The quantitative estimate of drug-likeness (QED) is 0.754. The van der Waals surface area contributed by atoms with Crippen molar-refractivity contribution in [2.75, 3.05) is 0 Å². The van der Waals surface area contributed by atoms with Crippen molar-refractivity contribution in [2.24, 2.45) is 0 Å². The highest BCUT2D eigenvalue weighted by Gasteiger charge is 2.14. The van der Waals surface area contributed by atoms with Crippen LogP contribution in [0.25, 0.3) is 23.0 Å². The van der Waals surface area contributed by atoms with E-state index in [4.69, 9.17) is 4.52 Å². The van der Waals surface area contributed by atoms with E-state index < -0.39 is 0 Å². The van der Waals surface area contributed by atoms with Gasteiger partial charge >= 0.3 is 0 Å². The molecule has 2 heterocycles. The molecule has 6 heteroatoms. The molecule has 94 valence electrons. The lowest BCUT2D eigenvalue weighted by Gasteiger charge is -1.99. The van der Waals surface area contributed by atoms with Crippen molar-refractivity contribution in [3.63, 3.8) is 0 Å². The van der Waals surface area contributed by atoms with Crippen LogP contribution in [0.3, 0.4) is 0 Å². The largest absolute Gasteiger partial charge is 0.507 e. The van der Waals surface area contributed by atoms with Gasteiger partial charge in [0.25, 0.3) is 5.89 Å². The number of aromatic hydroxyl groups is 1. The number of nitrogens with zero attached hydrogens (tertiary/aromatic N) is 4. The van der Waals surface area contributed by atoms with Crippen LogP contribution < -0.4 is 0 Å². The van der Waals surface area contributed by atoms with E-state index in [0.717, 1.165) is 5.56 Å². The summed E-state index contributed by atoms with van der Waals surface area (Å²) in [5.74, 6) is 0.719. The predicted octanol–water partition coefficient (Wildman–Crippen LogP) is 2.21. The number of phenols is 1. The molecule has 0 amide bonds. The fourth-order valence-electron chi connectivity index (χ4n) is 1.68. The first-order chi connectivity index (χ1) is 9.24. The van der Waals surface area contributed by atoms with E-state index in [2.05, 4.69) is 20.1 Å². The minimum Gasteiger partial charge on any atom is -0.507 e. The lowest BCUT2D eigenvalue weighted by molar-refractivity contribution is 0.425. The van der Waals surface area contributed by atoms with Crippen LogP contribution in [-0.4, -0.2) is 25.2 Å². The van der Waals surface area contributed by atoms with Crippen LogP contribution in [0.2, 0.25) is 0 Å². The van der Waals surface area contributed by atoms with Crippen molar-refractivity contribution in [1.29, 1.82) is 0 Å². The molecule has 0 saturated carbocycles. The standard InChI is InChI=1S/C13H10N4O2/c1-8-2-3-11(18)9(6-8)13-16-12(17-19-13)10-4-5-14-7-15-10/h2-7,18H,1H3. The van der Waals surface area contributed by atoms with Crippen LogP contribution in [0.5, 0.6) is 5.75 Å². The molecule has 0 radical (unpaired) electrons. The zero-order valence-corrected chi connectivity index (χ0v) is 10.1. The highest BCUT2D eigenvalue weighted by Crippen LogP contribution is 2.29. The average Bonchev–Trinajstić information content (AvgIpc) is 2.92. The SMILES string of the molecule is Cc1ccc(O)c(-c2nc(-c3ccncn3)no2)c1. The Morgan fingerprint density at radius 3 is 2.89 bits per heavy atom. The molecule has 2 aromatic heterocycles. The van der Waals surface area contributed by atoms with Crippen molar-refractivity contribution >= 4 is 0 Å². The van der Waals surface area contributed by atoms with Crippen LogP contribution >= 0.6 is 0 Å². The van der Waals surface area contributed by atoms with Gasteiger partial charge in [-0.15, -0.1) is 0 Å². The summed E-state index contributed by atoms with van der Waals surface area (Å²) >= 11 is 0. The van der Waals surface area contributed by atoms with Crippen molar-refractivity contribution < 1.29 is 9.63 Å². The number of hydrogen-bond donors (Lipinski definition) is 1. The summed E-state index contributed by atoms with van der Waals surface area (Å²) in [5.41, 5.74) is 2.07. The minimum atomic E-state index is 0.100. The van der Waals surface area contributed by atoms with Gasteiger partial charge < -0.3 is 9.63 Å². The molecular formula is C13H10N4O2. The van der Waals surface area contributed by atoms with Crippen molar-refractivity contribution in [1.82, 2.24) is 20.1 Å². The van der Waals surface area contributed by atoms with Gasteiger partial charge in [0.15, 0.2) is 0 Å². The van der Waals surface area contributed by atoms with Gasteiger partial charge in [-0.2, -0.15) is 4.98 Å². The lowest BCUT2D eigenvalue weighted by Crippen LogP contribution is -1.86. The maximum atomic E-state index is 9.81. The highest BCUT2D eigenvalue weighted by molar-refractivity contribution is 5.64. The fourth-order valence-corrected chi connectivity index (χ4v) is 1.68. The maximum Gasteiger partial charge on any atom is 0.262 e. The van der Waals surface area contributed by atoms with E-state index in [0.29, 0.717) is 17.1 Å². The summed E-state index contributed by atoms with van der Waals surface area (Å²) in [5, 5.41) is 13.7. The van der Waals surface area contributed by atoms with Gasteiger partial charge in [-0.25, -0.2) is 9.97 Å². The molecule has 3 aromatic rings. The Hall–Kier alpha value is -2.76. The molecule has 1 N–H and O–H groups in total. The zero-order chi connectivity index (χ0) is 13.2. The second-order valence-corrected chi connectivity index (χ2v) is 4.04. The van der Waals surface area contributed by atoms with Crippen LogP contribution in [0.15, 0.2) is 41.3 Å². The van der Waals surface area contributed by atoms with E-state index >= 15 is 0 Å². The van der Waals surface area contributed by atoms with Gasteiger partial charge in [-0.3, -0.25) is 0 Å². The second kappa shape index (κ2) is 4.49. The Morgan fingerprint density at radius 1 is 1.21 bits per heavy atom. The van der Waals surface area contributed by atoms with Gasteiger partial charge in [-0.05, 0) is 25.1 Å². The maximum absolute atomic E-state index is 9.81. The lowest BCUT2D eigenvalue weighted by atomic mass is 10.1. The fraction of sp³-hybridized carbons (Fsp3) is 0.0769. The molecular weight excluding hydrogens is 244 g/mol. The smallest absolute Gasteiger partial charge is 0.262 e. The van der Waals surface area contributed by atoms with Gasteiger partial charge in [-0.1, -0.05) is 16.8 Å². The van der Waals surface area contributed by atoms with Crippen LogP contribution in [0.1, 0.15) is 5.56 Å². The topological polar surface area (TPSA) is 84.9 Å². The summed E-state index contributed by atoms with van der Waals surface area (Å²) in [7, 11) is 0. The van der Waals surface area contributed by atoms with Gasteiger partial charge in [0.1, 0.15) is 17.8 Å². The Labute approximate surface area is 108 Å². The summed E-state index contributed by atoms with van der Waals surface area (Å²) in [4.78, 5) is 12.1. The average molecular weight is 254 g/mol. The first-order valence-corrected chi connectivity index (χ1v) is 5.64. The van der Waals surface area contributed by atoms with Gasteiger partial charge in [0, 0.05) is 6.20 Å². The highest BCUT2D eigenvalue weighted by atomic mass is 16.5.